The van der Waals surface area contributed by atoms with E-state index >= 15 is 0 Å². The van der Waals surface area contributed by atoms with Crippen LogP contribution in [0.3, 0.4) is 0 Å². The monoisotopic (exact) mass is 484 g/mol. The molecular formula is C25H28N2O6S. The zero-order valence-corrected chi connectivity index (χ0v) is 20.7. The van der Waals surface area contributed by atoms with Crippen LogP contribution in [0, 0.1) is 13.8 Å². The van der Waals surface area contributed by atoms with Gasteiger partial charge < -0.3 is 9.15 Å². The molecule has 3 rings (SSSR count). The summed E-state index contributed by atoms with van der Waals surface area (Å²) in [5.74, 6) is -0.164. The highest BCUT2D eigenvalue weighted by Gasteiger charge is 2.18. The number of unbranched alkanes of at least 4 members (excludes halogenated alkanes) is 1. The molecule has 0 saturated carbocycles. The van der Waals surface area contributed by atoms with E-state index in [1.54, 1.807) is 13.1 Å². The zero-order valence-electron chi connectivity index (χ0n) is 19.9. The zero-order chi connectivity index (χ0) is 25.0. The van der Waals surface area contributed by atoms with Gasteiger partial charge in [0, 0.05) is 13.5 Å². The molecule has 0 aliphatic rings. The third-order valence-electron chi connectivity index (χ3n) is 5.58. The molecule has 9 heteroatoms. The van der Waals surface area contributed by atoms with Gasteiger partial charge in [-0.3, -0.25) is 19.0 Å². The SMILES string of the molecule is CONC(=O)CCC/C=C(\c1cc(C)c(OC)c(C(=O)S)c1)c1cc(C)c2oc(=O)n(C)c2c1. The van der Waals surface area contributed by atoms with Crippen LogP contribution in [0.4, 0.5) is 0 Å². The Labute approximate surface area is 202 Å². The Bertz CT molecular complexity index is 1340. The number of rotatable bonds is 9. The van der Waals surface area contributed by atoms with Gasteiger partial charge in [-0.1, -0.05) is 6.08 Å². The van der Waals surface area contributed by atoms with Crippen LogP contribution in [0.5, 0.6) is 5.75 Å². The molecule has 0 radical (unpaired) electrons. The Morgan fingerprint density at radius 2 is 1.79 bits per heavy atom. The van der Waals surface area contributed by atoms with Gasteiger partial charge in [-0.2, -0.15) is 0 Å². The molecule has 0 saturated heterocycles. The van der Waals surface area contributed by atoms with E-state index in [4.69, 9.17) is 9.15 Å². The van der Waals surface area contributed by atoms with Crippen molar-refractivity contribution in [3.05, 3.63) is 68.7 Å². The molecule has 2 aromatic carbocycles. The van der Waals surface area contributed by atoms with Crippen molar-refractivity contribution in [3.8, 4) is 5.75 Å². The Morgan fingerprint density at radius 1 is 1.12 bits per heavy atom. The molecular weight excluding hydrogens is 456 g/mol. The number of oxazole rings is 1. The molecule has 0 atom stereocenters. The number of methoxy groups -OCH3 is 1. The van der Waals surface area contributed by atoms with Crippen LogP contribution in [0.25, 0.3) is 16.7 Å². The maximum absolute atomic E-state index is 12.2. The molecule has 1 amide bonds. The summed E-state index contributed by atoms with van der Waals surface area (Å²) < 4.78 is 12.3. The Hall–Kier alpha value is -3.30. The number of fused-ring (bicyclic) bond motifs is 1. The number of hydrogen-bond acceptors (Lipinski definition) is 6. The Kier molecular flexibility index (Phi) is 8.01. The minimum absolute atomic E-state index is 0.202. The van der Waals surface area contributed by atoms with E-state index in [0.29, 0.717) is 41.7 Å². The van der Waals surface area contributed by atoms with Crippen LogP contribution in [-0.2, 0) is 16.7 Å². The highest BCUT2D eigenvalue weighted by Crippen LogP contribution is 2.34. The molecule has 3 aromatic rings. The molecule has 34 heavy (non-hydrogen) atoms. The number of carbonyl (C=O) groups is 2. The van der Waals surface area contributed by atoms with Gasteiger partial charge in [0.1, 0.15) is 5.75 Å². The van der Waals surface area contributed by atoms with Gasteiger partial charge in [0.2, 0.25) is 11.0 Å². The van der Waals surface area contributed by atoms with Crippen molar-refractivity contribution in [1.82, 2.24) is 10.0 Å². The van der Waals surface area contributed by atoms with E-state index in [2.05, 4.69) is 22.9 Å². The van der Waals surface area contributed by atoms with Gasteiger partial charge in [0.15, 0.2) is 5.58 Å². The van der Waals surface area contributed by atoms with E-state index in [9.17, 15) is 14.4 Å². The third kappa shape index (κ3) is 5.26. The molecule has 1 N–H and O–H groups in total. The lowest BCUT2D eigenvalue weighted by molar-refractivity contribution is -0.131. The van der Waals surface area contributed by atoms with Gasteiger partial charge in [-0.05, 0) is 78.8 Å². The number of thiol groups is 1. The minimum atomic E-state index is -0.437. The first-order valence-electron chi connectivity index (χ1n) is 10.7. The summed E-state index contributed by atoms with van der Waals surface area (Å²) in [7, 11) is 4.56. The minimum Gasteiger partial charge on any atom is -0.496 e. The molecule has 1 heterocycles. The highest BCUT2D eigenvalue weighted by atomic mass is 32.1. The van der Waals surface area contributed by atoms with Crippen LogP contribution in [0.1, 0.15) is 51.9 Å². The maximum atomic E-state index is 12.2. The van der Waals surface area contributed by atoms with Crippen LogP contribution in [0.15, 0.2) is 39.6 Å². The lowest BCUT2D eigenvalue weighted by Crippen LogP contribution is -2.21. The van der Waals surface area contributed by atoms with Crippen molar-refractivity contribution in [2.45, 2.75) is 33.1 Å². The number of aromatic nitrogens is 1. The fraction of sp³-hybridized carbons (Fsp3) is 0.320. The normalized spacial score (nSPS) is 11.6. The van der Waals surface area contributed by atoms with Crippen molar-refractivity contribution < 1.29 is 23.6 Å². The number of allylic oxidation sites excluding steroid dienone is 1. The summed E-state index contributed by atoms with van der Waals surface area (Å²) in [6.07, 6.45) is 3.52. The molecule has 0 fully saturated rings. The maximum Gasteiger partial charge on any atom is 0.419 e. The van der Waals surface area contributed by atoms with Crippen molar-refractivity contribution in [2.24, 2.45) is 7.05 Å². The smallest absolute Gasteiger partial charge is 0.419 e. The van der Waals surface area contributed by atoms with Crippen molar-refractivity contribution in [2.75, 3.05) is 14.2 Å². The lowest BCUT2D eigenvalue weighted by atomic mass is 9.92. The second kappa shape index (κ2) is 10.8. The predicted octanol–water partition coefficient (Wildman–Crippen LogP) is 4.11. The molecule has 1 aromatic heterocycles. The van der Waals surface area contributed by atoms with Crippen LogP contribution in [0.2, 0.25) is 0 Å². The summed E-state index contributed by atoms with van der Waals surface area (Å²) in [5, 5.41) is -0.402. The standard InChI is InChI=1S/C25H28N2O6S/c1-14-10-16(12-19(24(29)34)22(14)31-4)18(8-6-7-9-21(28)26-32-5)17-11-15(2)23-20(13-17)27(3)25(30)33-23/h8,10-13H,6-7,9H2,1-5H3,(H,26,28)(H,29,34)/b18-8+. The summed E-state index contributed by atoms with van der Waals surface area (Å²) >= 11 is 4.03. The van der Waals surface area contributed by atoms with Gasteiger partial charge in [0.05, 0.1) is 25.3 Å². The van der Waals surface area contributed by atoms with E-state index in [-0.39, 0.29) is 5.91 Å². The van der Waals surface area contributed by atoms with E-state index < -0.39 is 10.9 Å². The molecule has 0 unspecified atom stereocenters. The quantitative estimate of drug-likeness (QED) is 0.269. The number of nitrogens with one attached hydrogen (secondary N) is 1. The molecule has 0 spiro atoms. The predicted molar refractivity (Wildman–Crippen MR) is 133 cm³/mol. The first kappa shape index (κ1) is 25.3. The molecule has 180 valence electrons. The summed E-state index contributed by atoms with van der Waals surface area (Å²) in [5.41, 5.74) is 7.97. The number of ether oxygens (including phenoxy) is 1. The van der Waals surface area contributed by atoms with Gasteiger partial charge in [-0.25, -0.2) is 10.3 Å². The Morgan fingerprint density at radius 3 is 2.44 bits per heavy atom. The first-order chi connectivity index (χ1) is 16.2. The molecule has 0 bridgehead atoms. The number of carbonyl (C=O) groups excluding carboxylic acids is 2. The molecule has 0 aliphatic carbocycles. The van der Waals surface area contributed by atoms with Gasteiger partial charge >= 0.3 is 5.76 Å². The fourth-order valence-electron chi connectivity index (χ4n) is 3.98. The van der Waals surface area contributed by atoms with Gasteiger partial charge in [-0.15, -0.1) is 12.6 Å². The van der Waals surface area contributed by atoms with E-state index in [1.165, 1.54) is 18.8 Å². The van der Waals surface area contributed by atoms with Gasteiger partial charge in [0.25, 0.3) is 0 Å². The van der Waals surface area contributed by atoms with Crippen molar-refractivity contribution in [3.63, 3.8) is 0 Å². The average Bonchev–Trinajstić information content (AvgIpc) is 3.07. The van der Waals surface area contributed by atoms with E-state index in [1.807, 2.05) is 38.1 Å². The number of hydrogen-bond donors (Lipinski definition) is 2. The largest absolute Gasteiger partial charge is 0.496 e. The second-order valence-electron chi connectivity index (χ2n) is 7.99. The van der Waals surface area contributed by atoms with E-state index in [0.717, 1.165) is 27.8 Å². The topological polar surface area (TPSA) is 99.8 Å². The second-order valence-corrected chi connectivity index (χ2v) is 8.39. The molecule has 8 nitrogen and oxygen atoms in total. The number of hydroxylamine groups is 1. The summed E-state index contributed by atoms with van der Waals surface area (Å²) in [6, 6.07) is 7.52. The Balaban J connectivity index is 2.14. The third-order valence-corrected chi connectivity index (χ3v) is 5.82. The number of nitrogens with zero attached hydrogens (tertiary/aromatic N) is 1. The van der Waals surface area contributed by atoms with Crippen molar-refractivity contribution in [1.29, 1.82) is 0 Å². The summed E-state index contributed by atoms with van der Waals surface area (Å²) in [6.45, 7) is 3.74. The van der Waals surface area contributed by atoms with Crippen LogP contribution < -0.4 is 16.0 Å². The lowest BCUT2D eigenvalue weighted by Gasteiger charge is -2.16. The van der Waals surface area contributed by atoms with Crippen LogP contribution >= 0.6 is 12.6 Å². The number of benzene rings is 2. The number of aryl methyl sites for hydroxylation is 3. The summed E-state index contributed by atoms with van der Waals surface area (Å²) in [4.78, 5) is 40.7. The first-order valence-corrected chi connectivity index (χ1v) is 11.2. The highest BCUT2D eigenvalue weighted by molar-refractivity contribution is 7.97. The fourth-order valence-corrected chi connectivity index (χ4v) is 4.15. The average molecular weight is 485 g/mol. The number of amides is 1. The molecule has 0 aliphatic heterocycles. The van der Waals surface area contributed by atoms with Crippen LogP contribution in [-0.4, -0.2) is 29.8 Å². The van der Waals surface area contributed by atoms with Crippen molar-refractivity contribution >= 4 is 40.3 Å².